The number of aliphatic hydroxyl groups excluding tert-OH is 2. The first kappa shape index (κ1) is 16.3. The normalized spacial score (nSPS) is 30.8. The predicted molar refractivity (Wildman–Crippen MR) is 96.1 cm³/mol. The van der Waals surface area contributed by atoms with Gasteiger partial charge in [-0.2, -0.15) is 5.10 Å². The Labute approximate surface area is 153 Å². The van der Waals surface area contributed by atoms with Gasteiger partial charge in [-0.3, -0.25) is 0 Å². The van der Waals surface area contributed by atoms with Crippen molar-refractivity contribution in [3.8, 4) is 11.1 Å². The second kappa shape index (κ2) is 5.54. The molecule has 26 heavy (non-hydrogen) atoms. The maximum absolute atomic E-state index is 10.7. The van der Waals surface area contributed by atoms with Crippen LogP contribution in [0.2, 0.25) is 0 Å². The van der Waals surface area contributed by atoms with Gasteiger partial charge in [-0.15, -0.1) is 11.8 Å². The number of hydrogen-bond acceptors (Lipinski definition) is 8. The zero-order valence-corrected chi connectivity index (χ0v) is 14.8. The summed E-state index contributed by atoms with van der Waals surface area (Å²) in [4.78, 5) is 5.60. The van der Waals surface area contributed by atoms with Crippen molar-refractivity contribution in [2.45, 2.75) is 35.9 Å². The number of hydrogen-bond donors (Lipinski definition) is 4. The van der Waals surface area contributed by atoms with Gasteiger partial charge in [0.2, 0.25) is 0 Å². The molecule has 0 aromatic carbocycles. The lowest BCUT2D eigenvalue weighted by Crippen LogP contribution is -2.44. The van der Waals surface area contributed by atoms with E-state index in [4.69, 9.17) is 4.74 Å². The number of ether oxygens (including phenoxy) is 1. The van der Waals surface area contributed by atoms with Gasteiger partial charge in [-0.05, 0) is 13.0 Å². The third kappa shape index (κ3) is 2.12. The molecule has 4 heterocycles. The molecule has 4 atom stereocenters. The Hall–Kier alpha value is -1.91. The van der Waals surface area contributed by atoms with Gasteiger partial charge in [0.05, 0.1) is 12.5 Å². The lowest BCUT2D eigenvalue weighted by molar-refractivity contribution is -0.102. The van der Waals surface area contributed by atoms with Gasteiger partial charge in [-0.1, -0.05) is 6.07 Å². The third-order valence-electron chi connectivity index (χ3n) is 5.15. The fourth-order valence-electron chi connectivity index (χ4n) is 3.73. The summed E-state index contributed by atoms with van der Waals surface area (Å²) >= 11 is 1.71. The Bertz CT molecular complexity index is 975. The summed E-state index contributed by atoms with van der Waals surface area (Å²) in [6, 6.07) is 4.03. The number of anilines is 1. The fourth-order valence-corrected chi connectivity index (χ4v) is 4.61. The van der Waals surface area contributed by atoms with Crippen molar-refractivity contribution in [3.63, 3.8) is 0 Å². The van der Waals surface area contributed by atoms with Crippen LogP contribution < -0.4 is 5.32 Å². The molecule has 4 N–H and O–H groups in total. The third-order valence-corrected chi connectivity index (χ3v) is 6.09. The topological polar surface area (TPSA) is 113 Å². The second-order valence-electron chi connectivity index (χ2n) is 6.85. The van der Waals surface area contributed by atoms with E-state index in [0.29, 0.717) is 0 Å². The second-order valence-corrected chi connectivity index (χ2v) is 7.87. The number of aromatic nitrogens is 3. The highest BCUT2D eigenvalue weighted by atomic mass is 32.2. The molecule has 4 aliphatic rings. The molecule has 9 heteroatoms. The summed E-state index contributed by atoms with van der Waals surface area (Å²) < 4.78 is 7.18. The molecule has 1 aliphatic carbocycles. The Morgan fingerprint density at radius 2 is 2.31 bits per heavy atom. The van der Waals surface area contributed by atoms with Gasteiger partial charge in [0.15, 0.2) is 6.23 Å². The molecule has 5 rings (SSSR count). The number of nitrogens with zero attached hydrogens (tertiary/aromatic N) is 3. The molecule has 1 aromatic heterocycles. The van der Waals surface area contributed by atoms with Crippen LogP contribution in [0.1, 0.15) is 13.2 Å². The lowest BCUT2D eigenvalue weighted by atomic mass is 9.97. The average molecular weight is 374 g/mol. The molecule has 1 fully saturated rings. The molecule has 136 valence electrons. The van der Waals surface area contributed by atoms with E-state index in [1.807, 2.05) is 12.1 Å². The standard InChI is InChI=1S/C17H18N4O4S/c1-17(24)14(23)10(6-22)25-16(17)21-5-8-2-3-11-12-9(13(8)20-21)4-18-15(12)19-7-26-11/h2-5,10,14,16,22-24H,6-7H2,1H3,(H,18,19)/t10-,14-,16-,17-/m1/s1. The average Bonchev–Trinajstić information content (AvgIpc) is 3.26. The molecule has 3 aliphatic heterocycles. The van der Waals surface area contributed by atoms with Gasteiger partial charge in [0.1, 0.15) is 29.1 Å². The molecule has 8 nitrogen and oxygen atoms in total. The van der Waals surface area contributed by atoms with Crippen molar-refractivity contribution in [2.24, 2.45) is 0 Å². The molecule has 0 amide bonds. The minimum absolute atomic E-state index is 0.379. The molecule has 0 saturated carbocycles. The van der Waals surface area contributed by atoms with E-state index in [-0.39, 0.29) is 6.61 Å². The summed E-state index contributed by atoms with van der Waals surface area (Å²) in [5, 5.41) is 39.1. The SMILES string of the molecule is C[C@@]1(O)[C@H](O)[C@@H](CO)O[C@H]1n1cc2ccc3c4c(ncc-4c2n1)NCS3. The Kier molecular flexibility index (Phi) is 3.47. The van der Waals surface area contributed by atoms with Crippen molar-refractivity contribution in [2.75, 3.05) is 17.8 Å². The molecule has 0 unspecified atom stereocenters. The lowest BCUT2D eigenvalue weighted by Gasteiger charge is -2.26. The first-order valence-electron chi connectivity index (χ1n) is 8.34. The van der Waals surface area contributed by atoms with Crippen LogP contribution in [0.4, 0.5) is 5.82 Å². The predicted octanol–water partition coefficient (Wildman–Crippen LogP) is 1.01. The molecule has 0 radical (unpaired) electrons. The number of aliphatic hydroxyl groups is 3. The number of fused-ring (bicyclic) bond motifs is 2. The van der Waals surface area contributed by atoms with Gasteiger partial charge in [0.25, 0.3) is 0 Å². The molecular formula is C17H18N4O4S. The van der Waals surface area contributed by atoms with Gasteiger partial charge >= 0.3 is 0 Å². The van der Waals surface area contributed by atoms with E-state index >= 15 is 0 Å². The smallest absolute Gasteiger partial charge is 0.181 e. The number of thioether (sulfide) groups is 1. The summed E-state index contributed by atoms with van der Waals surface area (Å²) in [6.45, 7) is 1.11. The minimum atomic E-state index is -1.57. The van der Waals surface area contributed by atoms with Crippen molar-refractivity contribution in [3.05, 3.63) is 24.5 Å². The summed E-state index contributed by atoms with van der Waals surface area (Å²) in [5.41, 5.74) is 1.13. The quantitative estimate of drug-likeness (QED) is 0.526. The molecule has 1 aromatic rings. The number of rotatable bonds is 2. The van der Waals surface area contributed by atoms with E-state index in [0.717, 1.165) is 38.6 Å². The van der Waals surface area contributed by atoms with Crippen LogP contribution in [-0.2, 0) is 4.74 Å². The zero-order chi connectivity index (χ0) is 18.1. The van der Waals surface area contributed by atoms with E-state index < -0.39 is 24.0 Å². The maximum Gasteiger partial charge on any atom is 0.181 e. The van der Waals surface area contributed by atoms with E-state index in [9.17, 15) is 15.3 Å². The van der Waals surface area contributed by atoms with Gasteiger partial charge in [0, 0.05) is 33.8 Å². The highest BCUT2D eigenvalue weighted by molar-refractivity contribution is 7.99. The van der Waals surface area contributed by atoms with Crippen molar-refractivity contribution in [1.82, 2.24) is 14.8 Å². The van der Waals surface area contributed by atoms with Crippen molar-refractivity contribution in [1.29, 1.82) is 0 Å². The first-order chi connectivity index (χ1) is 12.5. The Balaban J connectivity index is 1.66. The maximum atomic E-state index is 10.7. The molecule has 1 saturated heterocycles. The Morgan fingerprint density at radius 1 is 1.46 bits per heavy atom. The van der Waals surface area contributed by atoms with E-state index in [1.165, 1.54) is 11.6 Å². The van der Waals surface area contributed by atoms with Gasteiger partial charge in [-0.25, -0.2) is 9.67 Å². The highest BCUT2D eigenvalue weighted by Crippen LogP contribution is 2.45. The van der Waals surface area contributed by atoms with Crippen LogP contribution in [0.3, 0.4) is 0 Å². The molecule has 0 spiro atoms. The monoisotopic (exact) mass is 374 g/mol. The van der Waals surface area contributed by atoms with Crippen LogP contribution in [0.25, 0.3) is 22.0 Å². The zero-order valence-electron chi connectivity index (χ0n) is 14.0. The summed E-state index contributed by atoms with van der Waals surface area (Å²) in [6.07, 6.45) is 0.623. The van der Waals surface area contributed by atoms with Crippen LogP contribution in [0.15, 0.2) is 29.4 Å². The summed E-state index contributed by atoms with van der Waals surface area (Å²) in [5.74, 6) is 1.63. The van der Waals surface area contributed by atoms with Crippen molar-refractivity contribution < 1.29 is 20.1 Å². The minimum Gasteiger partial charge on any atom is -0.394 e. The van der Waals surface area contributed by atoms with Crippen LogP contribution in [0.5, 0.6) is 0 Å². The van der Waals surface area contributed by atoms with Crippen molar-refractivity contribution >= 4 is 28.5 Å². The number of nitrogens with one attached hydrogen (secondary N) is 1. The van der Waals surface area contributed by atoms with Crippen LogP contribution in [-0.4, -0.2) is 60.4 Å². The largest absolute Gasteiger partial charge is 0.394 e. The van der Waals surface area contributed by atoms with E-state index in [2.05, 4.69) is 15.4 Å². The molecular weight excluding hydrogens is 356 g/mol. The molecule has 0 bridgehead atoms. The van der Waals surface area contributed by atoms with E-state index in [1.54, 1.807) is 24.2 Å². The van der Waals surface area contributed by atoms with Crippen LogP contribution >= 0.6 is 11.8 Å². The Morgan fingerprint density at radius 3 is 3.08 bits per heavy atom. The van der Waals surface area contributed by atoms with Crippen LogP contribution in [0, 0.1) is 0 Å². The first-order valence-corrected chi connectivity index (χ1v) is 9.33. The summed E-state index contributed by atoms with van der Waals surface area (Å²) in [7, 11) is 0. The fraction of sp³-hybridized carbons (Fsp3) is 0.412. The highest BCUT2D eigenvalue weighted by Gasteiger charge is 2.53. The van der Waals surface area contributed by atoms with Gasteiger partial charge < -0.3 is 25.4 Å².